The third-order valence-corrected chi connectivity index (χ3v) is 4.85. The van der Waals surface area contributed by atoms with Crippen LogP contribution in [0.3, 0.4) is 0 Å². The van der Waals surface area contributed by atoms with Gasteiger partial charge in [0.25, 0.3) is 0 Å². The molecule has 114 valence electrons. The van der Waals surface area contributed by atoms with Crippen LogP contribution >= 0.6 is 23.2 Å². The summed E-state index contributed by atoms with van der Waals surface area (Å²) >= 11 is 11.8. The van der Waals surface area contributed by atoms with Gasteiger partial charge in [0, 0.05) is 13.1 Å². The highest BCUT2D eigenvalue weighted by molar-refractivity contribution is 6.42. The summed E-state index contributed by atoms with van der Waals surface area (Å²) in [5.74, 6) is -1.32. The number of rotatable bonds is 3. The largest absolute Gasteiger partial charge is 0.481 e. The lowest BCUT2D eigenvalue weighted by atomic mass is 9.90. The third-order valence-electron chi connectivity index (χ3n) is 4.12. The van der Waals surface area contributed by atoms with Gasteiger partial charge in [0.1, 0.15) is 0 Å². The summed E-state index contributed by atoms with van der Waals surface area (Å²) in [6, 6.07) is 5.11. The zero-order valence-corrected chi connectivity index (χ0v) is 13.4. The van der Waals surface area contributed by atoms with Crippen LogP contribution in [0.4, 0.5) is 0 Å². The Balaban J connectivity index is 2.13. The van der Waals surface area contributed by atoms with E-state index in [0.29, 0.717) is 23.0 Å². The Morgan fingerprint density at radius 2 is 2.00 bits per heavy atom. The molecular formula is C15H17Cl2NO3. The number of aliphatic carboxylic acids is 1. The quantitative estimate of drug-likeness (QED) is 0.924. The summed E-state index contributed by atoms with van der Waals surface area (Å²) < 4.78 is 0. The van der Waals surface area contributed by atoms with Gasteiger partial charge in [0.15, 0.2) is 0 Å². The van der Waals surface area contributed by atoms with Gasteiger partial charge < -0.3 is 10.0 Å². The van der Waals surface area contributed by atoms with E-state index in [1.807, 2.05) is 0 Å². The fourth-order valence-electron chi connectivity index (χ4n) is 2.52. The first-order chi connectivity index (χ1) is 9.74. The van der Waals surface area contributed by atoms with E-state index in [1.54, 1.807) is 36.9 Å². The number of benzene rings is 1. The lowest BCUT2D eigenvalue weighted by Crippen LogP contribution is -2.36. The van der Waals surface area contributed by atoms with Crippen LogP contribution < -0.4 is 0 Å². The molecule has 0 aromatic heterocycles. The van der Waals surface area contributed by atoms with E-state index in [1.165, 1.54) is 0 Å². The van der Waals surface area contributed by atoms with Crippen molar-refractivity contribution in [2.75, 3.05) is 13.1 Å². The van der Waals surface area contributed by atoms with Crippen LogP contribution in [0.1, 0.15) is 31.7 Å². The number of halogens is 2. The molecule has 4 nitrogen and oxygen atoms in total. The second-order valence-electron chi connectivity index (χ2n) is 5.77. The SMILES string of the molecule is CC(C(=O)N1CCC(C)(C(=O)O)C1)c1ccc(Cl)c(Cl)c1. The van der Waals surface area contributed by atoms with Gasteiger partial charge in [-0.25, -0.2) is 0 Å². The van der Waals surface area contributed by atoms with E-state index in [4.69, 9.17) is 23.2 Å². The van der Waals surface area contributed by atoms with Crippen LogP contribution in [0.5, 0.6) is 0 Å². The molecule has 2 unspecified atom stereocenters. The molecule has 0 aliphatic carbocycles. The minimum absolute atomic E-state index is 0.0848. The van der Waals surface area contributed by atoms with E-state index in [-0.39, 0.29) is 18.4 Å². The molecule has 21 heavy (non-hydrogen) atoms. The molecule has 1 heterocycles. The molecule has 0 radical (unpaired) electrons. The van der Waals surface area contributed by atoms with E-state index in [0.717, 1.165) is 5.56 Å². The minimum Gasteiger partial charge on any atom is -0.481 e. The average molecular weight is 330 g/mol. The molecule has 1 aromatic rings. The predicted molar refractivity (Wildman–Crippen MR) is 81.8 cm³/mol. The summed E-state index contributed by atoms with van der Waals surface area (Å²) in [5.41, 5.74) is -0.0779. The van der Waals surface area contributed by atoms with Crippen molar-refractivity contribution in [2.45, 2.75) is 26.2 Å². The Morgan fingerprint density at radius 1 is 1.33 bits per heavy atom. The molecule has 0 saturated carbocycles. The average Bonchev–Trinajstić information content (AvgIpc) is 2.84. The summed E-state index contributed by atoms with van der Waals surface area (Å²) in [6.45, 7) is 4.17. The number of nitrogens with zero attached hydrogens (tertiary/aromatic N) is 1. The first kappa shape index (κ1) is 16.1. The molecule has 1 aliphatic heterocycles. The molecule has 1 saturated heterocycles. The smallest absolute Gasteiger partial charge is 0.311 e. The number of carbonyl (C=O) groups is 2. The fourth-order valence-corrected chi connectivity index (χ4v) is 2.83. The number of likely N-dealkylation sites (tertiary alicyclic amines) is 1. The number of amides is 1. The van der Waals surface area contributed by atoms with Crippen molar-refractivity contribution in [3.05, 3.63) is 33.8 Å². The van der Waals surface area contributed by atoms with Crippen LogP contribution in [0.2, 0.25) is 10.0 Å². The summed E-state index contributed by atoms with van der Waals surface area (Å²) in [7, 11) is 0. The number of carboxylic acids is 1. The maximum Gasteiger partial charge on any atom is 0.311 e. The Hall–Kier alpha value is -1.26. The highest BCUT2D eigenvalue weighted by Crippen LogP contribution is 2.33. The Bertz CT molecular complexity index is 590. The van der Waals surface area contributed by atoms with Crippen LogP contribution in [0.25, 0.3) is 0 Å². The van der Waals surface area contributed by atoms with Gasteiger partial charge in [-0.2, -0.15) is 0 Å². The van der Waals surface area contributed by atoms with Crippen molar-refractivity contribution >= 4 is 35.1 Å². The van der Waals surface area contributed by atoms with Gasteiger partial charge in [-0.15, -0.1) is 0 Å². The van der Waals surface area contributed by atoms with Crippen molar-refractivity contribution in [3.63, 3.8) is 0 Å². The molecule has 1 fully saturated rings. The van der Waals surface area contributed by atoms with Crippen molar-refractivity contribution in [3.8, 4) is 0 Å². The minimum atomic E-state index is -0.861. The van der Waals surface area contributed by atoms with Crippen molar-refractivity contribution < 1.29 is 14.7 Å². The summed E-state index contributed by atoms with van der Waals surface area (Å²) in [6.07, 6.45) is 0.474. The normalized spacial score (nSPS) is 23.1. The van der Waals surface area contributed by atoms with Crippen LogP contribution in [0, 0.1) is 5.41 Å². The molecule has 2 atom stereocenters. The molecule has 0 spiro atoms. The van der Waals surface area contributed by atoms with Crippen LogP contribution in [-0.4, -0.2) is 35.0 Å². The van der Waals surface area contributed by atoms with Gasteiger partial charge in [-0.3, -0.25) is 9.59 Å². The molecule has 1 aliphatic rings. The van der Waals surface area contributed by atoms with E-state index in [9.17, 15) is 14.7 Å². The monoisotopic (exact) mass is 329 g/mol. The fraction of sp³-hybridized carbons (Fsp3) is 0.467. The van der Waals surface area contributed by atoms with Gasteiger partial charge in [-0.05, 0) is 38.0 Å². The molecule has 6 heteroatoms. The highest BCUT2D eigenvalue weighted by Gasteiger charge is 2.42. The standard InChI is InChI=1S/C15H17Cl2NO3/c1-9(10-3-4-11(16)12(17)7-10)13(19)18-6-5-15(2,8-18)14(20)21/h3-4,7,9H,5-6,8H2,1-2H3,(H,20,21). The number of carboxylic acid groups (broad SMARTS) is 1. The maximum absolute atomic E-state index is 12.5. The zero-order chi connectivity index (χ0) is 15.8. The lowest BCUT2D eigenvalue weighted by molar-refractivity contribution is -0.147. The molecule has 1 N–H and O–H groups in total. The summed E-state index contributed by atoms with van der Waals surface area (Å²) in [4.78, 5) is 25.4. The van der Waals surface area contributed by atoms with Crippen molar-refractivity contribution in [1.82, 2.24) is 4.90 Å². The van der Waals surface area contributed by atoms with Crippen LogP contribution in [0.15, 0.2) is 18.2 Å². The molecule has 2 rings (SSSR count). The summed E-state index contributed by atoms with van der Waals surface area (Å²) in [5, 5.41) is 10.1. The highest BCUT2D eigenvalue weighted by atomic mass is 35.5. The topological polar surface area (TPSA) is 57.6 Å². The van der Waals surface area contributed by atoms with Gasteiger partial charge in [0.2, 0.25) is 5.91 Å². The second-order valence-corrected chi connectivity index (χ2v) is 6.59. The van der Waals surface area contributed by atoms with Crippen molar-refractivity contribution in [1.29, 1.82) is 0 Å². The predicted octanol–water partition coefficient (Wildman–Crippen LogP) is 3.42. The number of hydrogen-bond donors (Lipinski definition) is 1. The number of carbonyl (C=O) groups excluding carboxylic acids is 1. The van der Waals surface area contributed by atoms with E-state index >= 15 is 0 Å². The molecule has 1 aromatic carbocycles. The van der Waals surface area contributed by atoms with Gasteiger partial charge >= 0.3 is 5.97 Å². The van der Waals surface area contributed by atoms with Gasteiger partial charge in [0.05, 0.1) is 21.4 Å². The van der Waals surface area contributed by atoms with Crippen LogP contribution in [-0.2, 0) is 9.59 Å². The van der Waals surface area contributed by atoms with E-state index < -0.39 is 11.4 Å². The lowest BCUT2D eigenvalue weighted by Gasteiger charge is -2.23. The molecular weight excluding hydrogens is 313 g/mol. The Kier molecular flexibility index (Phi) is 4.49. The Morgan fingerprint density at radius 3 is 2.52 bits per heavy atom. The van der Waals surface area contributed by atoms with E-state index in [2.05, 4.69) is 0 Å². The molecule has 1 amide bonds. The second kappa shape index (κ2) is 5.85. The maximum atomic E-state index is 12.5. The molecule has 0 bridgehead atoms. The van der Waals surface area contributed by atoms with Crippen molar-refractivity contribution in [2.24, 2.45) is 5.41 Å². The third kappa shape index (κ3) is 3.16. The van der Waals surface area contributed by atoms with Gasteiger partial charge in [-0.1, -0.05) is 29.3 Å². The first-order valence-electron chi connectivity index (χ1n) is 6.72. The Labute approximate surface area is 133 Å². The number of hydrogen-bond acceptors (Lipinski definition) is 2. The first-order valence-corrected chi connectivity index (χ1v) is 7.47. The zero-order valence-electron chi connectivity index (χ0n) is 11.9.